The zero-order valence-electron chi connectivity index (χ0n) is 9.50. The van der Waals surface area contributed by atoms with Gasteiger partial charge in [-0.1, -0.05) is 6.08 Å². The van der Waals surface area contributed by atoms with Crippen molar-refractivity contribution in [2.45, 2.75) is 20.8 Å². The molecule has 4 heteroatoms. The van der Waals surface area contributed by atoms with E-state index in [9.17, 15) is 4.79 Å². The summed E-state index contributed by atoms with van der Waals surface area (Å²) in [4.78, 5) is 13.8. The van der Waals surface area contributed by atoms with Crippen LogP contribution < -0.4 is 0 Å². The Morgan fingerprint density at radius 3 is 2.67 bits per heavy atom. The molecule has 0 aromatic carbocycles. The van der Waals surface area contributed by atoms with Gasteiger partial charge in [-0.2, -0.15) is 5.10 Å². The van der Waals surface area contributed by atoms with Gasteiger partial charge in [-0.3, -0.25) is 9.89 Å². The quantitative estimate of drug-likeness (QED) is 0.763. The molecular formula is C11H17N3O. The average Bonchev–Trinajstić information content (AvgIpc) is 2.54. The number of hydrogen-bond donors (Lipinski definition) is 1. The van der Waals surface area contributed by atoms with Crippen molar-refractivity contribution in [1.29, 1.82) is 0 Å². The molecular weight excluding hydrogens is 190 g/mol. The first-order valence-electron chi connectivity index (χ1n) is 5.03. The number of aromatic nitrogens is 2. The standard InChI is InChI=1S/C11H17N3O/c1-5-7-14(6-2)11(15)10-8(3)12-13-9(10)4/h5H,1,6-7H2,2-4H3,(H,12,13). The number of rotatable bonds is 4. The van der Waals surface area contributed by atoms with E-state index in [2.05, 4.69) is 16.8 Å². The zero-order chi connectivity index (χ0) is 11.4. The molecule has 0 unspecified atom stereocenters. The summed E-state index contributed by atoms with van der Waals surface area (Å²) in [6.45, 7) is 10.5. The average molecular weight is 207 g/mol. The third-order valence-electron chi connectivity index (χ3n) is 2.36. The van der Waals surface area contributed by atoms with Crippen molar-refractivity contribution in [3.63, 3.8) is 0 Å². The second-order valence-corrected chi connectivity index (χ2v) is 3.44. The van der Waals surface area contributed by atoms with Crippen molar-refractivity contribution in [2.24, 2.45) is 0 Å². The van der Waals surface area contributed by atoms with Crippen LogP contribution in [-0.4, -0.2) is 34.1 Å². The van der Waals surface area contributed by atoms with Crippen molar-refractivity contribution in [1.82, 2.24) is 15.1 Å². The Balaban J connectivity index is 2.97. The summed E-state index contributed by atoms with van der Waals surface area (Å²) < 4.78 is 0. The lowest BCUT2D eigenvalue weighted by molar-refractivity contribution is 0.0781. The molecule has 0 saturated heterocycles. The third-order valence-corrected chi connectivity index (χ3v) is 2.36. The highest BCUT2D eigenvalue weighted by Crippen LogP contribution is 2.12. The fourth-order valence-electron chi connectivity index (χ4n) is 1.54. The largest absolute Gasteiger partial charge is 0.335 e. The summed E-state index contributed by atoms with van der Waals surface area (Å²) >= 11 is 0. The molecule has 0 aliphatic heterocycles. The molecule has 0 atom stereocenters. The number of aryl methyl sites for hydroxylation is 2. The molecule has 1 amide bonds. The van der Waals surface area contributed by atoms with Crippen molar-refractivity contribution in [3.8, 4) is 0 Å². The van der Waals surface area contributed by atoms with Crippen LogP contribution in [0.1, 0.15) is 28.7 Å². The summed E-state index contributed by atoms with van der Waals surface area (Å²) in [7, 11) is 0. The number of likely N-dealkylation sites (N-methyl/N-ethyl adjacent to an activating group) is 1. The van der Waals surface area contributed by atoms with Crippen LogP contribution in [0.2, 0.25) is 0 Å². The van der Waals surface area contributed by atoms with Gasteiger partial charge in [0.05, 0.1) is 11.3 Å². The molecule has 0 saturated carbocycles. The van der Waals surface area contributed by atoms with Gasteiger partial charge in [0, 0.05) is 18.8 Å². The Labute approximate surface area is 90.0 Å². The van der Waals surface area contributed by atoms with Crippen molar-refractivity contribution in [2.75, 3.05) is 13.1 Å². The topological polar surface area (TPSA) is 49.0 Å². The predicted octanol–water partition coefficient (Wildman–Crippen LogP) is 1.67. The SMILES string of the molecule is C=CCN(CC)C(=O)c1c(C)n[nH]c1C. The normalized spacial score (nSPS) is 10.1. The van der Waals surface area contributed by atoms with Crippen LogP contribution in [0.3, 0.4) is 0 Å². The molecule has 1 aromatic rings. The van der Waals surface area contributed by atoms with E-state index in [1.165, 1.54) is 0 Å². The van der Waals surface area contributed by atoms with Crippen LogP contribution in [-0.2, 0) is 0 Å². The number of nitrogens with zero attached hydrogens (tertiary/aromatic N) is 2. The smallest absolute Gasteiger partial charge is 0.257 e. The number of carbonyl (C=O) groups is 1. The second-order valence-electron chi connectivity index (χ2n) is 3.44. The van der Waals surface area contributed by atoms with Gasteiger partial charge in [0.15, 0.2) is 0 Å². The molecule has 0 aliphatic rings. The monoisotopic (exact) mass is 207 g/mol. The predicted molar refractivity (Wildman–Crippen MR) is 59.8 cm³/mol. The highest BCUT2D eigenvalue weighted by Gasteiger charge is 2.19. The Morgan fingerprint density at radius 1 is 1.60 bits per heavy atom. The molecule has 1 heterocycles. The minimum Gasteiger partial charge on any atom is -0.335 e. The van der Waals surface area contributed by atoms with E-state index in [0.29, 0.717) is 18.7 Å². The minimum absolute atomic E-state index is 0.0150. The van der Waals surface area contributed by atoms with Gasteiger partial charge in [0.1, 0.15) is 0 Å². The highest BCUT2D eigenvalue weighted by atomic mass is 16.2. The van der Waals surface area contributed by atoms with Crippen LogP contribution >= 0.6 is 0 Å². The number of H-pyrrole nitrogens is 1. The summed E-state index contributed by atoms with van der Waals surface area (Å²) in [5.41, 5.74) is 2.25. The molecule has 0 aliphatic carbocycles. The number of nitrogens with one attached hydrogen (secondary N) is 1. The van der Waals surface area contributed by atoms with Gasteiger partial charge < -0.3 is 4.90 Å². The first-order chi connectivity index (χ1) is 7.11. The van der Waals surface area contributed by atoms with E-state index in [0.717, 1.165) is 11.4 Å². The Hall–Kier alpha value is -1.58. The second kappa shape index (κ2) is 4.77. The molecule has 0 spiro atoms. The molecule has 15 heavy (non-hydrogen) atoms. The fraction of sp³-hybridized carbons (Fsp3) is 0.455. The van der Waals surface area contributed by atoms with E-state index in [-0.39, 0.29) is 5.91 Å². The van der Waals surface area contributed by atoms with Gasteiger partial charge in [-0.05, 0) is 20.8 Å². The molecule has 0 radical (unpaired) electrons. The Kier molecular flexibility index (Phi) is 3.66. The van der Waals surface area contributed by atoms with Crippen LogP contribution in [0.4, 0.5) is 0 Å². The number of carbonyl (C=O) groups excluding carboxylic acids is 1. The zero-order valence-corrected chi connectivity index (χ0v) is 9.50. The first kappa shape index (κ1) is 11.5. The molecule has 0 fully saturated rings. The Morgan fingerprint density at radius 2 is 2.27 bits per heavy atom. The van der Waals surface area contributed by atoms with Crippen molar-refractivity contribution >= 4 is 5.91 Å². The summed E-state index contributed by atoms with van der Waals surface area (Å²) in [6.07, 6.45) is 1.73. The number of amides is 1. The number of hydrogen-bond acceptors (Lipinski definition) is 2. The van der Waals surface area contributed by atoms with Crippen LogP contribution in [0.15, 0.2) is 12.7 Å². The summed E-state index contributed by atoms with van der Waals surface area (Å²) in [5.74, 6) is 0.0150. The minimum atomic E-state index is 0.0150. The maximum absolute atomic E-state index is 12.1. The summed E-state index contributed by atoms with van der Waals surface area (Å²) in [5, 5.41) is 6.83. The molecule has 1 rings (SSSR count). The Bertz CT molecular complexity index is 348. The first-order valence-corrected chi connectivity index (χ1v) is 5.03. The van der Waals surface area contributed by atoms with E-state index in [1.807, 2.05) is 20.8 Å². The maximum atomic E-state index is 12.1. The lowest BCUT2D eigenvalue weighted by atomic mass is 10.1. The van der Waals surface area contributed by atoms with Gasteiger partial charge in [-0.25, -0.2) is 0 Å². The van der Waals surface area contributed by atoms with E-state index in [4.69, 9.17) is 0 Å². The maximum Gasteiger partial charge on any atom is 0.257 e. The molecule has 4 nitrogen and oxygen atoms in total. The molecule has 82 valence electrons. The third kappa shape index (κ3) is 2.26. The molecule has 1 aromatic heterocycles. The molecule has 0 bridgehead atoms. The van der Waals surface area contributed by atoms with E-state index < -0.39 is 0 Å². The highest BCUT2D eigenvalue weighted by molar-refractivity contribution is 5.96. The van der Waals surface area contributed by atoms with E-state index >= 15 is 0 Å². The van der Waals surface area contributed by atoms with Crippen molar-refractivity contribution in [3.05, 3.63) is 29.6 Å². The van der Waals surface area contributed by atoms with Gasteiger partial charge in [-0.15, -0.1) is 6.58 Å². The summed E-state index contributed by atoms with van der Waals surface area (Å²) in [6, 6.07) is 0. The number of aromatic amines is 1. The fourth-order valence-corrected chi connectivity index (χ4v) is 1.54. The van der Waals surface area contributed by atoms with Gasteiger partial charge in [0.2, 0.25) is 0 Å². The van der Waals surface area contributed by atoms with Crippen LogP contribution in [0.25, 0.3) is 0 Å². The van der Waals surface area contributed by atoms with Crippen LogP contribution in [0, 0.1) is 13.8 Å². The lowest BCUT2D eigenvalue weighted by Gasteiger charge is -2.18. The van der Waals surface area contributed by atoms with E-state index in [1.54, 1.807) is 11.0 Å². The van der Waals surface area contributed by atoms with Gasteiger partial charge >= 0.3 is 0 Å². The van der Waals surface area contributed by atoms with Gasteiger partial charge in [0.25, 0.3) is 5.91 Å². The van der Waals surface area contributed by atoms with Crippen molar-refractivity contribution < 1.29 is 4.79 Å². The van der Waals surface area contributed by atoms with Crippen LogP contribution in [0.5, 0.6) is 0 Å². The lowest BCUT2D eigenvalue weighted by Crippen LogP contribution is -2.31. The molecule has 1 N–H and O–H groups in total.